The van der Waals surface area contributed by atoms with Crippen LogP contribution < -0.4 is 9.64 Å². The van der Waals surface area contributed by atoms with Crippen molar-refractivity contribution in [3.63, 3.8) is 0 Å². The number of para-hydroxylation sites is 2. The molecule has 2 aliphatic carbocycles. The predicted molar refractivity (Wildman–Crippen MR) is 291 cm³/mol. The molecule has 11 aromatic rings. The van der Waals surface area contributed by atoms with Crippen LogP contribution in [0, 0.1) is 0 Å². The lowest BCUT2D eigenvalue weighted by Gasteiger charge is -2.41. The molecule has 3 heteroatoms. The minimum atomic E-state index is -0.611. The lowest BCUT2D eigenvalue weighted by atomic mass is 9.66. The van der Waals surface area contributed by atoms with Gasteiger partial charge in [0.25, 0.3) is 0 Å². The molecule has 2 heterocycles. The number of rotatable bonds is 5. The van der Waals surface area contributed by atoms with Gasteiger partial charge in [0.2, 0.25) is 0 Å². The van der Waals surface area contributed by atoms with Crippen molar-refractivity contribution in [2.24, 2.45) is 0 Å². The third-order valence-corrected chi connectivity index (χ3v) is 16.8. The molecule has 0 fully saturated rings. The summed E-state index contributed by atoms with van der Waals surface area (Å²) in [5.74, 6) is 1.77. The molecule has 2 aliphatic heterocycles. The molecule has 11 aromatic carbocycles. The van der Waals surface area contributed by atoms with Crippen LogP contribution >= 0.6 is 11.8 Å². The first kappa shape index (κ1) is 40.3. The van der Waals surface area contributed by atoms with E-state index in [1.807, 2.05) is 11.8 Å². The summed E-state index contributed by atoms with van der Waals surface area (Å²) in [6, 6.07) is 96.5. The second kappa shape index (κ2) is 15.4. The fourth-order valence-corrected chi connectivity index (χ4v) is 14.0. The molecule has 15 rings (SSSR count). The Morgan fingerprint density at radius 3 is 1.31 bits per heavy atom. The summed E-state index contributed by atoms with van der Waals surface area (Å²) in [4.78, 5) is 5.04. The maximum Gasteiger partial charge on any atom is 0.132 e. The molecule has 0 atom stereocenters. The number of anilines is 3. The second-order valence-electron chi connectivity index (χ2n) is 19.0. The van der Waals surface area contributed by atoms with Crippen LogP contribution in [0.2, 0.25) is 0 Å². The van der Waals surface area contributed by atoms with Crippen LogP contribution in [-0.2, 0) is 10.8 Å². The molecule has 2 nitrogen and oxygen atoms in total. The minimum absolute atomic E-state index is 0.513. The zero-order valence-electron chi connectivity index (χ0n) is 38.6. The molecular weight excluding hydrogens is 879 g/mol. The van der Waals surface area contributed by atoms with Crippen LogP contribution in [0.4, 0.5) is 17.1 Å². The van der Waals surface area contributed by atoms with Gasteiger partial charge < -0.3 is 9.64 Å². The first-order valence-electron chi connectivity index (χ1n) is 24.5. The van der Waals surface area contributed by atoms with Crippen LogP contribution in [0.3, 0.4) is 0 Å². The zero-order chi connectivity index (χ0) is 46.7. The van der Waals surface area contributed by atoms with Crippen LogP contribution in [0.5, 0.6) is 11.5 Å². The van der Waals surface area contributed by atoms with E-state index in [2.05, 4.69) is 266 Å². The second-order valence-corrected chi connectivity index (χ2v) is 20.1. The van der Waals surface area contributed by atoms with Crippen molar-refractivity contribution < 1.29 is 4.74 Å². The molecule has 0 saturated carbocycles. The Morgan fingerprint density at radius 2 is 0.718 bits per heavy atom. The van der Waals surface area contributed by atoms with Crippen LogP contribution in [0.15, 0.2) is 271 Å². The normalized spacial score (nSPS) is 14.2. The van der Waals surface area contributed by atoms with Gasteiger partial charge in [-0.25, -0.2) is 0 Å². The highest BCUT2D eigenvalue weighted by atomic mass is 32.2. The summed E-state index contributed by atoms with van der Waals surface area (Å²) >= 11 is 1.90. The van der Waals surface area contributed by atoms with Crippen LogP contribution in [0.1, 0.15) is 44.5 Å². The highest BCUT2D eigenvalue weighted by molar-refractivity contribution is 7.99. The number of nitrogens with zero attached hydrogens (tertiary/aromatic N) is 1. The van der Waals surface area contributed by atoms with Gasteiger partial charge in [-0.05, 0) is 126 Å². The molecule has 4 aliphatic rings. The molecule has 0 bridgehead atoms. The fraction of sp³-hybridized carbons (Fsp3) is 0.0294. The van der Waals surface area contributed by atoms with Crippen molar-refractivity contribution in [2.45, 2.75) is 20.6 Å². The Hall–Kier alpha value is -8.63. The van der Waals surface area contributed by atoms with Crippen molar-refractivity contribution >= 4 is 28.8 Å². The van der Waals surface area contributed by atoms with Crippen LogP contribution in [-0.4, -0.2) is 0 Å². The van der Waals surface area contributed by atoms with E-state index in [9.17, 15) is 0 Å². The summed E-state index contributed by atoms with van der Waals surface area (Å²) in [5.41, 5.74) is 22.2. The molecule has 2 spiro atoms. The fourth-order valence-electron chi connectivity index (χ4n) is 12.7. The summed E-state index contributed by atoms with van der Waals surface area (Å²) in [7, 11) is 0. The van der Waals surface area contributed by atoms with Crippen molar-refractivity contribution in [2.75, 3.05) is 4.90 Å². The van der Waals surface area contributed by atoms with E-state index in [4.69, 9.17) is 4.74 Å². The van der Waals surface area contributed by atoms with Crippen molar-refractivity contribution in [3.05, 3.63) is 305 Å². The first-order chi connectivity index (χ1) is 35.2. The molecule has 0 saturated heterocycles. The monoisotopic (exact) mass is 921 g/mol. The van der Waals surface area contributed by atoms with Gasteiger partial charge in [-0.2, -0.15) is 0 Å². The van der Waals surface area contributed by atoms with E-state index in [0.29, 0.717) is 0 Å². The Morgan fingerprint density at radius 1 is 0.296 bits per heavy atom. The van der Waals surface area contributed by atoms with E-state index in [-0.39, 0.29) is 0 Å². The van der Waals surface area contributed by atoms with Crippen molar-refractivity contribution in [3.8, 4) is 56.0 Å². The lowest BCUT2D eigenvalue weighted by Crippen LogP contribution is -2.33. The Balaban J connectivity index is 0.976. The van der Waals surface area contributed by atoms with Gasteiger partial charge in [0.15, 0.2) is 0 Å². The Bertz CT molecular complexity index is 3860. The average Bonchev–Trinajstić information content (AvgIpc) is 3.90. The maximum absolute atomic E-state index is 6.76. The van der Waals surface area contributed by atoms with Crippen molar-refractivity contribution in [1.82, 2.24) is 0 Å². The quantitative estimate of drug-likeness (QED) is 0.171. The number of fused-ring (bicyclic) bond motifs is 18. The van der Waals surface area contributed by atoms with Gasteiger partial charge in [-0.3, -0.25) is 0 Å². The average molecular weight is 922 g/mol. The van der Waals surface area contributed by atoms with E-state index < -0.39 is 10.8 Å². The molecule has 0 N–H and O–H groups in total. The van der Waals surface area contributed by atoms with Crippen LogP contribution in [0.25, 0.3) is 44.5 Å². The third kappa shape index (κ3) is 5.61. The van der Waals surface area contributed by atoms with Gasteiger partial charge in [-0.15, -0.1) is 0 Å². The van der Waals surface area contributed by atoms with E-state index >= 15 is 0 Å². The van der Waals surface area contributed by atoms with Gasteiger partial charge >= 0.3 is 0 Å². The summed E-state index contributed by atoms with van der Waals surface area (Å²) in [6.45, 7) is 0. The summed E-state index contributed by atoms with van der Waals surface area (Å²) in [5, 5.41) is 0. The van der Waals surface area contributed by atoms with Crippen molar-refractivity contribution in [1.29, 1.82) is 0 Å². The van der Waals surface area contributed by atoms with Gasteiger partial charge in [0.05, 0.1) is 16.5 Å². The number of hydrogen-bond acceptors (Lipinski definition) is 3. The maximum atomic E-state index is 6.76. The highest BCUT2D eigenvalue weighted by Crippen LogP contribution is 2.66. The standard InChI is InChI=1S/C68H43NOS/c1-2-17-44(18-3-1)45-33-35-46(36-34-45)47-37-39-48(40-38-47)69(49-41-42-53-52-21-6-9-24-56(52)68(61(53)43-49)57-25-10-13-30-63(57)70-64-31-14-11-26-58(64)68)62-29-16-28-60-66(62)71-65-32-15-12-27-59(65)67(60)54-22-7-4-19-50(54)51-20-5-8-23-55(51)67/h1-43H. The molecular formula is C68H43NOS. The molecule has 0 amide bonds. The van der Waals surface area contributed by atoms with Gasteiger partial charge in [-0.1, -0.05) is 224 Å². The zero-order valence-corrected chi connectivity index (χ0v) is 39.4. The summed E-state index contributed by atoms with van der Waals surface area (Å²) < 4.78 is 6.76. The van der Waals surface area contributed by atoms with Gasteiger partial charge in [0, 0.05) is 32.3 Å². The minimum Gasteiger partial charge on any atom is -0.457 e. The topological polar surface area (TPSA) is 12.5 Å². The number of ether oxygens (including phenoxy) is 1. The van der Waals surface area contributed by atoms with E-state index in [1.54, 1.807) is 0 Å². The Labute approximate surface area is 418 Å². The van der Waals surface area contributed by atoms with E-state index in [0.717, 1.165) is 39.7 Å². The smallest absolute Gasteiger partial charge is 0.132 e. The molecule has 71 heavy (non-hydrogen) atoms. The van der Waals surface area contributed by atoms with Gasteiger partial charge in [0.1, 0.15) is 11.5 Å². The highest BCUT2D eigenvalue weighted by Gasteiger charge is 2.53. The number of hydrogen-bond donors (Lipinski definition) is 0. The predicted octanol–water partition coefficient (Wildman–Crippen LogP) is 17.8. The Kier molecular flexibility index (Phi) is 8.76. The lowest BCUT2D eigenvalue weighted by molar-refractivity contribution is 0.436. The first-order valence-corrected chi connectivity index (χ1v) is 25.3. The molecule has 0 unspecified atom stereocenters. The largest absolute Gasteiger partial charge is 0.457 e. The third-order valence-electron chi connectivity index (χ3n) is 15.6. The molecule has 332 valence electrons. The SMILES string of the molecule is c1ccc(-c2ccc(-c3ccc(N(c4ccc5c(c4)C4(c6ccccc6Oc6ccccc64)c4ccccc4-5)c4cccc5c4Sc4ccccc4C54c5ccccc5-c5ccccc54)cc3)cc2)cc1. The molecule has 0 radical (unpaired) electrons. The summed E-state index contributed by atoms with van der Waals surface area (Å²) in [6.07, 6.45) is 0. The van der Waals surface area contributed by atoms with E-state index in [1.165, 1.54) is 87.7 Å². The number of benzene rings is 11. The molecule has 0 aromatic heterocycles.